The smallest absolute Gasteiger partial charge is 0.0524 e. The number of hydrogen-bond acceptors (Lipinski definition) is 3. The number of aliphatic hydroxyl groups is 1. The van der Waals surface area contributed by atoms with Gasteiger partial charge in [0.15, 0.2) is 0 Å². The van der Waals surface area contributed by atoms with Crippen molar-refractivity contribution < 1.29 is 5.11 Å². The van der Waals surface area contributed by atoms with E-state index in [9.17, 15) is 0 Å². The molecule has 0 saturated carbocycles. The van der Waals surface area contributed by atoms with Crippen LogP contribution in [0.1, 0.15) is 26.2 Å². The van der Waals surface area contributed by atoms with Gasteiger partial charge in [-0.1, -0.05) is 0 Å². The van der Waals surface area contributed by atoms with E-state index in [-0.39, 0.29) is 6.10 Å². The summed E-state index contributed by atoms with van der Waals surface area (Å²) < 4.78 is 0. The minimum absolute atomic E-state index is 0.169. The number of aliphatic hydroxyl groups excluding tert-OH is 1. The van der Waals surface area contributed by atoms with Crippen LogP contribution in [-0.4, -0.2) is 42.0 Å². The SMILES string of the molecule is CC(O)CCN(C)CCCCS. The molecule has 0 bridgehead atoms. The lowest BCUT2D eigenvalue weighted by Crippen LogP contribution is -2.23. The Morgan fingerprint density at radius 2 is 2.00 bits per heavy atom. The van der Waals surface area contributed by atoms with Gasteiger partial charge in [-0.25, -0.2) is 0 Å². The van der Waals surface area contributed by atoms with Gasteiger partial charge in [0.2, 0.25) is 0 Å². The molecule has 0 spiro atoms. The Hall–Kier alpha value is 0.270. The van der Waals surface area contributed by atoms with Crippen LogP contribution < -0.4 is 0 Å². The van der Waals surface area contributed by atoms with Crippen molar-refractivity contribution in [2.24, 2.45) is 0 Å². The van der Waals surface area contributed by atoms with Crippen molar-refractivity contribution in [1.82, 2.24) is 4.90 Å². The number of rotatable bonds is 7. The molecule has 0 aromatic rings. The summed E-state index contributed by atoms with van der Waals surface area (Å²) in [5, 5.41) is 9.03. The summed E-state index contributed by atoms with van der Waals surface area (Å²) in [6.07, 6.45) is 3.09. The second kappa shape index (κ2) is 7.90. The van der Waals surface area contributed by atoms with Gasteiger partial charge in [0.25, 0.3) is 0 Å². The average Bonchev–Trinajstić information content (AvgIpc) is 2.01. The first-order valence-electron chi connectivity index (χ1n) is 4.64. The van der Waals surface area contributed by atoms with Crippen LogP contribution in [0.3, 0.4) is 0 Å². The quantitative estimate of drug-likeness (QED) is 0.469. The van der Waals surface area contributed by atoms with E-state index in [1.54, 1.807) is 0 Å². The van der Waals surface area contributed by atoms with Crippen LogP contribution in [0.15, 0.2) is 0 Å². The molecule has 0 aromatic heterocycles. The Morgan fingerprint density at radius 1 is 1.33 bits per heavy atom. The van der Waals surface area contributed by atoms with E-state index in [2.05, 4.69) is 24.6 Å². The number of thiol groups is 1. The van der Waals surface area contributed by atoms with Crippen molar-refractivity contribution in [3.63, 3.8) is 0 Å². The highest BCUT2D eigenvalue weighted by Crippen LogP contribution is 1.97. The van der Waals surface area contributed by atoms with Gasteiger partial charge in [0.05, 0.1) is 6.10 Å². The van der Waals surface area contributed by atoms with Crippen LogP contribution in [-0.2, 0) is 0 Å². The van der Waals surface area contributed by atoms with E-state index in [0.29, 0.717) is 0 Å². The van der Waals surface area contributed by atoms with Crippen LogP contribution in [0.2, 0.25) is 0 Å². The number of unbranched alkanes of at least 4 members (excludes halogenated alkanes) is 1. The largest absolute Gasteiger partial charge is 0.393 e. The van der Waals surface area contributed by atoms with Crippen molar-refractivity contribution in [2.75, 3.05) is 25.9 Å². The summed E-state index contributed by atoms with van der Waals surface area (Å²) in [5.41, 5.74) is 0. The lowest BCUT2D eigenvalue weighted by atomic mass is 10.2. The molecule has 0 rings (SSSR count). The third kappa shape index (κ3) is 8.37. The molecule has 0 aliphatic rings. The Bertz CT molecular complexity index is 98.5. The Morgan fingerprint density at radius 3 is 2.50 bits per heavy atom. The van der Waals surface area contributed by atoms with Crippen LogP contribution in [0.4, 0.5) is 0 Å². The summed E-state index contributed by atoms with van der Waals surface area (Å²) in [6, 6.07) is 0. The fourth-order valence-electron chi connectivity index (χ4n) is 1.01. The molecule has 0 aliphatic heterocycles. The molecule has 0 amide bonds. The molecule has 12 heavy (non-hydrogen) atoms. The van der Waals surface area contributed by atoms with Crippen molar-refractivity contribution in [1.29, 1.82) is 0 Å². The van der Waals surface area contributed by atoms with Gasteiger partial charge >= 0.3 is 0 Å². The first-order valence-corrected chi connectivity index (χ1v) is 5.27. The van der Waals surface area contributed by atoms with Crippen molar-refractivity contribution in [3.8, 4) is 0 Å². The number of hydrogen-bond donors (Lipinski definition) is 2. The molecule has 1 N–H and O–H groups in total. The van der Waals surface area contributed by atoms with E-state index in [1.807, 2.05) is 6.92 Å². The van der Waals surface area contributed by atoms with Crippen LogP contribution in [0.5, 0.6) is 0 Å². The molecule has 0 radical (unpaired) electrons. The molecule has 3 heteroatoms. The minimum atomic E-state index is -0.169. The maximum absolute atomic E-state index is 9.03. The Kier molecular flexibility index (Phi) is 8.07. The highest BCUT2D eigenvalue weighted by Gasteiger charge is 2.00. The molecule has 0 aliphatic carbocycles. The zero-order valence-electron chi connectivity index (χ0n) is 8.16. The predicted molar refractivity (Wildman–Crippen MR) is 56.9 cm³/mol. The monoisotopic (exact) mass is 191 g/mol. The standard InChI is InChI=1S/C9H21NOS/c1-9(11)5-7-10(2)6-3-4-8-12/h9,11-12H,3-8H2,1-2H3. The molecule has 1 atom stereocenters. The molecular formula is C9H21NOS. The normalized spacial score (nSPS) is 13.8. The topological polar surface area (TPSA) is 23.5 Å². The van der Waals surface area contributed by atoms with Gasteiger partial charge < -0.3 is 10.0 Å². The van der Waals surface area contributed by atoms with E-state index in [4.69, 9.17) is 5.11 Å². The van der Waals surface area contributed by atoms with Crippen molar-refractivity contribution in [2.45, 2.75) is 32.3 Å². The predicted octanol–water partition coefficient (Wildman–Crippen LogP) is 1.40. The summed E-state index contributed by atoms with van der Waals surface area (Å²) in [5.74, 6) is 0.976. The zero-order chi connectivity index (χ0) is 9.40. The molecule has 2 nitrogen and oxygen atoms in total. The third-order valence-corrected chi connectivity index (χ3v) is 2.19. The molecule has 0 heterocycles. The molecule has 1 unspecified atom stereocenters. The summed E-state index contributed by atoms with van der Waals surface area (Å²) in [4.78, 5) is 2.26. The van der Waals surface area contributed by atoms with Crippen LogP contribution in [0, 0.1) is 0 Å². The summed E-state index contributed by atoms with van der Waals surface area (Å²) in [7, 11) is 2.10. The Labute approximate surface area is 81.4 Å². The first kappa shape index (κ1) is 12.3. The first-order chi connectivity index (χ1) is 5.66. The molecule has 0 saturated heterocycles. The number of nitrogens with zero attached hydrogens (tertiary/aromatic N) is 1. The molecule has 0 fully saturated rings. The summed E-state index contributed by atoms with van der Waals surface area (Å²) >= 11 is 4.15. The maximum atomic E-state index is 9.03. The van der Waals surface area contributed by atoms with Crippen LogP contribution in [0.25, 0.3) is 0 Å². The highest BCUT2D eigenvalue weighted by molar-refractivity contribution is 7.80. The van der Waals surface area contributed by atoms with Gasteiger partial charge in [0, 0.05) is 6.54 Å². The van der Waals surface area contributed by atoms with E-state index < -0.39 is 0 Å². The lowest BCUT2D eigenvalue weighted by Gasteiger charge is -2.16. The van der Waals surface area contributed by atoms with E-state index in [1.165, 1.54) is 12.8 Å². The van der Waals surface area contributed by atoms with Crippen molar-refractivity contribution in [3.05, 3.63) is 0 Å². The molecule has 74 valence electrons. The van der Waals surface area contributed by atoms with E-state index >= 15 is 0 Å². The van der Waals surface area contributed by atoms with Crippen LogP contribution >= 0.6 is 12.6 Å². The third-order valence-electron chi connectivity index (χ3n) is 1.88. The van der Waals surface area contributed by atoms with E-state index in [0.717, 1.165) is 25.3 Å². The highest BCUT2D eigenvalue weighted by atomic mass is 32.1. The van der Waals surface area contributed by atoms with Crippen molar-refractivity contribution >= 4 is 12.6 Å². The molecule has 0 aromatic carbocycles. The van der Waals surface area contributed by atoms with Gasteiger partial charge in [0.1, 0.15) is 0 Å². The minimum Gasteiger partial charge on any atom is -0.393 e. The maximum Gasteiger partial charge on any atom is 0.0524 e. The molecular weight excluding hydrogens is 170 g/mol. The fourth-order valence-corrected chi connectivity index (χ4v) is 1.24. The summed E-state index contributed by atoms with van der Waals surface area (Å²) in [6.45, 7) is 3.94. The Balaban J connectivity index is 3.15. The van der Waals surface area contributed by atoms with Gasteiger partial charge in [-0.15, -0.1) is 0 Å². The fraction of sp³-hybridized carbons (Fsp3) is 1.00. The average molecular weight is 191 g/mol. The second-order valence-electron chi connectivity index (χ2n) is 3.37. The van der Waals surface area contributed by atoms with Gasteiger partial charge in [-0.3, -0.25) is 0 Å². The lowest BCUT2D eigenvalue weighted by molar-refractivity contribution is 0.164. The second-order valence-corrected chi connectivity index (χ2v) is 3.82. The zero-order valence-corrected chi connectivity index (χ0v) is 9.06. The van der Waals surface area contributed by atoms with Gasteiger partial charge in [-0.05, 0) is 45.5 Å². The van der Waals surface area contributed by atoms with Gasteiger partial charge in [-0.2, -0.15) is 12.6 Å².